The molecule has 0 spiro atoms. The number of hydrogen-bond donors (Lipinski definition) is 2. The number of rotatable bonds is 9. The largest absolute Gasteiger partial charge is 0.444 e. The van der Waals surface area contributed by atoms with Crippen molar-refractivity contribution >= 4 is 26.5 Å². The molecule has 0 saturated carbocycles. The molecule has 0 aliphatic carbocycles. The lowest BCUT2D eigenvalue weighted by Gasteiger charge is -2.37. The minimum atomic E-state index is -1.98. The van der Waals surface area contributed by atoms with Crippen LogP contribution in [0.15, 0.2) is 65.7 Å². The zero-order chi connectivity index (χ0) is 26.6. The Kier molecular flexibility index (Phi) is 11.1. The fourth-order valence-electron chi connectivity index (χ4n) is 2.78. The molecular formula is C27H39N3O5Si. The summed E-state index contributed by atoms with van der Waals surface area (Å²) in [5, 5.41) is 5.72. The number of guanidine groups is 1. The molecule has 0 aliphatic rings. The minimum absolute atomic E-state index is 0.0446. The maximum Gasteiger partial charge on any atom is 0.437 e. The second-order valence-electron chi connectivity index (χ2n) is 10.0. The number of amides is 2. The van der Waals surface area contributed by atoms with Crippen LogP contribution in [0.4, 0.5) is 9.59 Å². The number of carbonyl (C=O) groups excluding carboxylic acids is 2. The summed E-state index contributed by atoms with van der Waals surface area (Å²) in [6.45, 7) is 13.4. The van der Waals surface area contributed by atoms with E-state index in [1.165, 1.54) is 0 Å². The van der Waals surface area contributed by atoms with E-state index in [9.17, 15) is 9.59 Å². The van der Waals surface area contributed by atoms with Crippen LogP contribution in [0.1, 0.15) is 45.2 Å². The Hall–Kier alpha value is -3.17. The Bertz CT molecular complexity index is 991. The van der Waals surface area contributed by atoms with Gasteiger partial charge in [0.2, 0.25) is 5.96 Å². The van der Waals surface area contributed by atoms with Crippen molar-refractivity contribution in [2.45, 2.75) is 71.5 Å². The predicted molar refractivity (Wildman–Crippen MR) is 144 cm³/mol. The molecule has 0 saturated heterocycles. The van der Waals surface area contributed by atoms with Gasteiger partial charge >= 0.3 is 12.2 Å². The lowest BCUT2D eigenvalue weighted by Crippen LogP contribution is -2.50. The normalized spacial score (nSPS) is 13.0. The van der Waals surface area contributed by atoms with Gasteiger partial charge in [0.05, 0.1) is 12.6 Å². The Labute approximate surface area is 215 Å². The number of nitrogens with one attached hydrogen (secondary N) is 2. The molecular weight excluding hydrogens is 474 g/mol. The van der Waals surface area contributed by atoms with Crippen LogP contribution < -0.4 is 10.6 Å². The van der Waals surface area contributed by atoms with E-state index in [0.717, 1.165) is 11.1 Å². The first kappa shape index (κ1) is 29.1. The Morgan fingerprint density at radius 1 is 0.917 bits per heavy atom. The average Bonchev–Trinajstić information content (AvgIpc) is 2.84. The molecule has 2 amide bonds. The second-order valence-corrected chi connectivity index (χ2v) is 14.8. The van der Waals surface area contributed by atoms with Crippen LogP contribution in [0.2, 0.25) is 18.1 Å². The fraction of sp³-hybridized carbons (Fsp3) is 0.444. The second kappa shape index (κ2) is 13.8. The van der Waals surface area contributed by atoms with E-state index in [1.807, 2.05) is 67.6 Å². The highest BCUT2D eigenvalue weighted by Crippen LogP contribution is 2.36. The molecule has 0 heterocycles. The average molecular weight is 514 g/mol. The third-order valence-electron chi connectivity index (χ3n) is 6.13. The first-order valence-electron chi connectivity index (χ1n) is 12.2. The molecule has 2 aromatic rings. The number of aliphatic imine (C=N–C) groups is 1. The molecule has 0 fully saturated rings. The maximum atomic E-state index is 12.5. The summed E-state index contributed by atoms with van der Waals surface area (Å²) in [4.78, 5) is 28.9. The first-order chi connectivity index (χ1) is 17.0. The summed E-state index contributed by atoms with van der Waals surface area (Å²) >= 11 is 0. The van der Waals surface area contributed by atoms with Crippen LogP contribution in [0, 0.1) is 0 Å². The van der Waals surface area contributed by atoms with E-state index in [4.69, 9.17) is 13.9 Å². The van der Waals surface area contributed by atoms with E-state index >= 15 is 0 Å². The van der Waals surface area contributed by atoms with Crippen molar-refractivity contribution in [2.24, 2.45) is 4.99 Å². The van der Waals surface area contributed by atoms with Gasteiger partial charge in [-0.05, 0) is 35.7 Å². The van der Waals surface area contributed by atoms with Crippen LogP contribution in [0.25, 0.3) is 0 Å². The Morgan fingerprint density at radius 2 is 1.44 bits per heavy atom. The monoisotopic (exact) mass is 513 g/mol. The highest BCUT2D eigenvalue weighted by atomic mass is 28.4. The zero-order valence-corrected chi connectivity index (χ0v) is 23.2. The summed E-state index contributed by atoms with van der Waals surface area (Å²) < 4.78 is 16.9. The molecule has 0 radical (unpaired) electrons. The molecule has 9 heteroatoms. The maximum absolute atomic E-state index is 12.5. The standard InChI is InChI=1S/C27H39N3O5Si/c1-7-23(20-35-36(5,6)27(2,3)4)28-24(29-25(31)33-18-21-14-10-8-11-15-21)30-26(32)34-19-22-16-12-9-13-17-22/h8-17,23H,7,18-20H2,1-6H3,(H2,28,29,30,31,32). The molecule has 2 rings (SSSR count). The van der Waals surface area contributed by atoms with Crippen LogP contribution in [-0.2, 0) is 27.1 Å². The van der Waals surface area contributed by atoms with Crippen molar-refractivity contribution in [3.05, 3.63) is 71.8 Å². The van der Waals surface area contributed by atoms with Gasteiger partial charge in [0.25, 0.3) is 0 Å². The number of carbonyl (C=O) groups is 2. The van der Waals surface area contributed by atoms with Gasteiger partial charge in [-0.25, -0.2) is 9.59 Å². The van der Waals surface area contributed by atoms with E-state index < -0.39 is 20.5 Å². The van der Waals surface area contributed by atoms with Gasteiger partial charge in [0.1, 0.15) is 13.2 Å². The smallest absolute Gasteiger partial charge is 0.437 e. The van der Waals surface area contributed by atoms with E-state index in [-0.39, 0.29) is 30.3 Å². The summed E-state index contributed by atoms with van der Waals surface area (Å²) in [7, 11) is -1.98. The van der Waals surface area contributed by atoms with Gasteiger partial charge < -0.3 is 19.2 Å². The Balaban J connectivity index is 2.06. The third-order valence-corrected chi connectivity index (χ3v) is 10.6. The highest BCUT2D eigenvalue weighted by Gasteiger charge is 2.37. The molecule has 1 unspecified atom stereocenters. The zero-order valence-electron chi connectivity index (χ0n) is 22.2. The van der Waals surface area contributed by atoms with Crippen molar-refractivity contribution in [2.75, 3.05) is 6.61 Å². The molecule has 1 atom stereocenters. The van der Waals surface area contributed by atoms with Crippen molar-refractivity contribution in [1.29, 1.82) is 0 Å². The van der Waals surface area contributed by atoms with Crippen LogP contribution >= 0.6 is 0 Å². The Morgan fingerprint density at radius 3 is 1.94 bits per heavy atom. The molecule has 2 aromatic carbocycles. The number of nitrogens with zero attached hydrogens (tertiary/aromatic N) is 1. The van der Waals surface area contributed by atoms with Crippen LogP contribution in [-0.4, -0.2) is 39.1 Å². The quantitative estimate of drug-likeness (QED) is 0.243. The summed E-state index contributed by atoms with van der Waals surface area (Å²) in [6.07, 6.45) is -0.876. The minimum Gasteiger partial charge on any atom is -0.444 e. The molecule has 0 aromatic heterocycles. The fourth-order valence-corrected chi connectivity index (χ4v) is 3.83. The molecule has 8 nitrogen and oxygen atoms in total. The number of hydrogen-bond acceptors (Lipinski definition) is 5. The van der Waals surface area contributed by atoms with Gasteiger partial charge in [-0.15, -0.1) is 4.99 Å². The molecule has 2 N–H and O–H groups in total. The summed E-state index contributed by atoms with van der Waals surface area (Å²) in [6, 6.07) is 18.4. The summed E-state index contributed by atoms with van der Waals surface area (Å²) in [5.74, 6) is -0.0446. The molecule has 0 aliphatic heterocycles. The molecule has 196 valence electrons. The SMILES string of the molecule is CCC(CO[Si](C)(C)C(C)(C)C)N/C(=N/C(=O)OCc1ccccc1)NC(=O)OCc1ccccc1. The van der Waals surface area contributed by atoms with Crippen molar-refractivity contribution in [3.8, 4) is 0 Å². The van der Waals surface area contributed by atoms with E-state index in [2.05, 4.69) is 49.5 Å². The van der Waals surface area contributed by atoms with Crippen molar-refractivity contribution < 1.29 is 23.5 Å². The lowest BCUT2D eigenvalue weighted by molar-refractivity contribution is 0.144. The lowest BCUT2D eigenvalue weighted by atomic mass is 10.2. The third kappa shape index (κ3) is 10.2. The van der Waals surface area contributed by atoms with Crippen LogP contribution in [0.3, 0.4) is 0 Å². The molecule has 36 heavy (non-hydrogen) atoms. The van der Waals surface area contributed by atoms with Crippen molar-refractivity contribution in [1.82, 2.24) is 10.6 Å². The predicted octanol–water partition coefficient (Wildman–Crippen LogP) is 6.00. The topological polar surface area (TPSA) is 98.3 Å². The summed E-state index contributed by atoms with van der Waals surface area (Å²) in [5.41, 5.74) is 1.68. The van der Waals surface area contributed by atoms with Crippen LogP contribution in [0.5, 0.6) is 0 Å². The highest BCUT2D eigenvalue weighted by molar-refractivity contribution is 6.74. The van der Waals surface area contributed by atoms with Gasteiger partial charge in [0.15, 0.2) is 8.32 Å². The van der Waals surface area contributed by atoms with Gasteiger partial charge in [-0.2, -0.15) is 0 Å². The number of benzene rings is 2. The number of alkyl carbamates (subject to hydrolysis) is 1. The van der Waals surface area contributed by atoms with E-state index in [0.29, 0.717) is 13.0 Å². The van der Waals surface area contributed by atoms with Gasteiger partial charge in [0, 0.05) is 0 Å². The first-order valence-corrected chi connectivity index (χ1v) is 15.1. The van der Waals surface area contributed by atoms with Crippen molar-refractivity contribution in [3.63, 3.8) is 0 Å². The number of ether oxygens (including phenoxy) is 2. The van der Waals surface area contributed by atoms with E-state index in [1.54, 1.807) is 0 Å². The molecule has 0 bridgehead atoms. The van der Waals surface area contributed by atoms with Gasteiger partial charge in [-0.3, -0.25) is 5.32 Å². The van der Waals surface area contributed by atoms with Gasteiger partial charge in [-0.1, -0.05) is 88.4 Å².